The van der Waals surface area contributed by atoms with E-state index >= 15 is 0 Å². The fourth-order valence-corrected chi connectivity index (χ4v) is 4.58. The molecule has 2 aliphatic rings. The van der Waals surface area contributed by atoms with Crippen LogP contribution in [0.15, 0.2) is 17.6 Å². The maximum Gasteiger partial charge on any atom is 0.222 e. The number of hydrogen-bond donors (Lipinski definition) is 1. The lowest BCUT2D eigenvalue weighted by molar-refractivity contribution is -0.140. The normalized spacial score (nSPS) is 22.0. The lowest BCUT2D eigenvalue weighted by atomic mass is 9.72. The van der Waals surface area contributed by atoms with E-state index in [4.69, 9.17) is 0 Å². The highest BCUT2D eigenvalue weighted by Crippen LogP contribution is 2.40. The van der Waals surface area contributed by atoms with E-state index in [2.05, 4.69) is 21.8 Å². The van der Waals surface area contributed by atoms with Crippen molar-refractivity contribution in [3.8, 4) is 0 Å². The summed E-state index contributed by atoms with van der Waals surface area (Å²) in [6, 6.07) is 0. The molecule has 1 aromatic heterocycles. The van der Waals surface area contributed by atoms with Crippen molar-refractivity contribution in [2.24, 2.45) is 5.41 Å². The Hall–Kier alpha value is -1.18. The third kappa shape index (κ3) is 4.96. The number of amides is 1. The lowest BCUT2D eigenvalue weighted by Gasteiger charge is -2.47. The molecule has 0 radical (unpaired) electrons. The molecule has 0 saturated carbocycles. The fourth-order valence-electron chi connectivity index (χ4n) is 4.07. The van der Waals surface area contributed by atoms with E-state index in [0.717, 1.165) is 61.9 Å². The largest absolute Gasteiger partial charge is 0.392 e. The number of carbonyl (C=O) groups excluding carboxylic acids is 1. The van der Waals surface area contributed by atoms with Crippen molar-refractivity contribution in [1.82, 2.24) is 19.8 Å². The van der Waals surface area contributed by atoms with Crippen LogP contribution in [-0.4, -0.2) is 68.8 Å². The smallest absolute Gasteiger partial charge is 0.222 e. The number of hydrogen-bond acceptors (Lipinski definition) is 6. The summed E-state index contributed by atoms with van der Waals surface area (Å²) in [5, 5.41) is 10.5. The van der Waals surface area contributed by atoms with Gasteiger partial charge in [-0.15, -0.1) is 0 Å². The van der Waals surface area contributed by atoms with Gasteiger partial charge in [-0.2, -0.15) is 0 Å². The first-order chi connectivity index (χ1) is 12.5. The first-order valence-corrected chi connectivity index (χ1v) is 10.6. The van der Waals surface area contributed by atoms with Crippen molar-refractivity contribution in [3.63, 3.8) is 0 Å². The lowest BCUT2D eigenvalue weighted by Crippen LogP contribution is -2.52. The number of β-amino-alcohol motifs (C(OH)–C–C–N with tert-alkyl or cyclic N) is 1. The second-order valence-electron chi connectivity index (χ2n) is 7.71. The van der Waals surface area contributed by atoms with E-state index in [9.17, 15) is 9.90 Å². The highest BCUT2D eigenvalue weighted by molar-refractivity contribution is 7.99. The standard InChI is InChI=1S/C19H30N4O2S/c1-3-26-18-20-10-16(11-21-18)13-22-8-6-19(7-9-22)5-4-17(25)23(14-19)12-15(2)24/h10-11,15,24H,3-9,12-14H2,1-2H3/t15-/m0/s1. The number of carbonyl (C=O) groups is 1. The van der Waals surface area contributed by atoms with Crippen LogP contribution in [0, 0.1) is 5.41 Å². The van der Waals surface area contributed by atoms with Gasteiger partial charge in [-0.05, 0) is 50.4 Å². The molecule has 7 heteroatoms. The van der Waals surface area contributed by atoms with Crippen LogP contribution in [0.3, 0.4) is 0 Å². The zero-order valence-electron chi connectivity index (χ0n) is 15.9. The van der Waals surface area contributed by atoms with Crippen LogP contribution in [0.2, 0.25) is 0 Å². The van der Waals surface area contributed by atoms with Crippen LogP contribution in [0.1, 0.15) is 45.1 Å². The Morgan fingerprint density at radius 1 is 1.27 bits per heavy atom. The van der Waals surface area contributed by atoms with E-state index in [1.807, 2.05) is 17.3 Å². The Morgan fingerprint density at radius 2 is 1.96 bits per heavy atom. The average Bonchev–Trinajstić information content (AvgIpc) is 2.62. The Labute approximate surface area is 160 Å². The van der Waals surface area contributed by atoms with Gasteiger partial charge < -0.3 is 10.0 Å². The van der Waals surface area contributed by atoms with Gasteiger partial charge in [0.05, 0.1) is 6.10 Å². The molecular formula is C19H30N4O2S. The first kappa shape index (κ1) is 19.6. The molecule has 144 valence electrons. The van der Waals surface area contributed by atoms with Crippen LogP contribution < -0.4 is 0 Å². The molecule has 1 amide bonds. The fraction of sp³-hybridized carbons (Fsp3) is 0.737. The van der Waals surface area contributed by atoms with Crippen molar-refractivity contribution in [1.29, 1.82) is 0 Å². The van der Waals surface area contributed by atoms with Gasteiger partial charge >= 0.3 is 0 Å². The molecule has 0 aliphatic carbocycles. The minimum atomic E-state index is -0.456. The number of rotatable bonds is 6. The molecule has 1 spiro atoms. The molecule has 6 nitrogen and oxygen atoms in total. The van der Waals surface area contributed by atoms with Gasteiger partial charge in [0.2, 0.25) is 5.91 Å². The van der Waals surface area contributed by atoms with Gasteiger partial charge in [0, 0.05) is 44.0 Å². The monoisotopic (exact) mass is 378 g/mol. The van der Waals surface area contributed by atoms with Gasteiger partial charge in [-0.3, -0.25) is 9.69 Å². The zero-order valence-corrected chi connectivity index (χ0v) is 16.7. The van der Waals surface area contributed by atoms with Crippen molar-refractivity contribution >= 4 is 17.7 Å². The minimum absolute atomic E-state index is 0.196. The predicted molar refractivity (Wildman–Crippen MR) is 103 cm³/mol. The van der Waals surface area contributed by atoms with Crippen molar-refractivity contribution < 1.29 is 9.90 Å². The minimum Gasteiger partial charge on any atom is -0.392 e. The molecule has 1 atom stereocenters. The Bertz CT molecular complexity index is 600. The predicted octanol–water partition coefficient (Wildman–Crippen LogP) is 2.17. The van der Waals surface area contributed by atoms with E-state index in [1.165, 1.54) is 0 Å². The maximum absolute atomic E-state index is 12.1. The third-order valence-electron chi connectivity index (χ3n) is 5.51. The average molecular weight is 379 g/mol. The summed E-state index contributed by atoms with van der Waals surface area (Å²) in [5.74, 6) is 1.18. The van der Waals surface area contributed by atoms with E-state index in [1.54, 1.807) is 18.7 Å². The molecule has 26 heavy (non-hydrogen) atoms. The van der Waals surface area contributed by atoms with Gasteiger partial charge in [0.15, 0.2) is 5.16 Å². The molecule has 1 N–H and O–H groups in total. The number of aromatic nitrogens is 2. The first-order valence-electron chi connectivity index (χ1n) is 9.61. The highest BCUT2D eigenvalue weighted by Gasteiger charge is 2.41. The summed E-state index contributed by atoms with van der Waals surface area (Å²) in [6.45, 7) is 8.10. The summed E-state index contributed by atoms with van der Waals surface area (Å²) in [4.78, 5) is 25.3. The second kappa shape index (κ2) is 8.67. The number of piperidine rings is 2. The quantitative estimate of drug-likeness (QED) is 0.604. The number of nitrogens with zero attached hydrogens (tertiary/aromatic N) is 4. The third-order valence-corrected chi connectivity index (χ3v) is 6.27. The molecular weight excluding hydrogens is 348 g/mol. The Kier molecular flexibility index (Phi) is 6.53. The van der Waals surface area contributed by atoms with E-state index in [0.29, 0.717) is 13.0 Å². The van der Waals surface area contributed by atoms with Crippen molar-refractivity contribution in [2.45, 2.75) is 57.3 Å². The maximum atomic E-state index is 12.1. The summed E-state index contributed by atoms with van der Waals surface area (Å²) in [6.07, 6.45) is 7.27. The summed E-state index contributed by atoms with van der Waals surface area (Å²) < 4.78 is 0. The Balaban J connectivity index is 1.52. The van der Waals surface area contributed by atoms with Crippen LogP contribution in [0.5, 0.6) is 0 Å². The highest BCUT2D eigenvalue weighted by atomic mass is 32.2. The number of aliphatic hydroxyl groups excluding tert-OH is 1. The molecule has 2 saturated heterocycles. The Morgan fingerprint density at radius 3 is 2.58 bits per heavy atom. The van der Waals surface area contributed by atoms with Crippen molar-refractivity contribution in [3.05, 3.63) is 18.0 Å². The molecule has 3 heterocycles. The number of aliphatic hydroxyl groups is 1. The summed E-state index contributed by atoms with van der Waals surface area (Å²) in [5.41, 5.74) is 1.40. The van der Waals surface area contributed by atoms with Gasteiger partial charge in [0.25, 0.3) is 0 Å². The van der Waals surface area contributed by atoms with Crippen LogP contribution in [0.4, 0.5) is 0 Å². The summed E-state index contributed by atoms with van der Waals surface area (Å²) >= 11 is 1.66. The molecule has 0 bridgehead atoms. The second-order valence-corrected chi connectivity index (χ2v) is 8.94. The molecule has 0 unspecified atom stereocenters. The van der Waals surface area contributed by atoms with E-state index in [-0.39, 0.29) is 11.3 Å². The van der Waals surface area contributed by atoms with Crippen LogP contribution in [-0.2, 0) is 11.3 Å². The van der Waals surface area contributed by atoms with Gasteiger partial charge in [-0.25, -0.2) is 9.97 Å². The van der Waals surface area contributed by atoms with Gasteiger partial charge in [0.1, 0.15) is 0 Å². The van der Waals surface area contributed by atoms with Crippen LogP contribution >= 0.6 is 11.8 Å². The van der Waals surface area contributed by atoms with Crippen LogP contribution in [0.25, 0.3) is 0 Å². The van der Waals surface area contributed by atoms with Gasteiger partial charge in [-0.1, -0.05) is 18.7 Å². The van der Waals surface area contributed by atoms with Crippen molar-refractivity contribution in [2.75, 3.05) is 31.9 Å². The molecule has 2 aliphatic heterocycles. The SMILES string of the molecule is CCSc1ncc(CN2CCC3(CCC(=O)N(C[C@H](C)O)C3)CC2)cn1. The number of thioether (sulfide) groups is 1. The number of likely N-dealkylation sites (tertiary alicyclic amines) is 2. The molecule has 3 rings (SSSR count). The molecule has 0 aromatic carbocycles. The molecule has 2 fully saturated rings. The zero-order chi connectivity index (χ0) is 18.6. The molecule has 1 aromatic rings. The topological polar surface area (TPSA) is 69.6 Å². The van der Waals surface area contributed by atoms with E-state index < -0.39 is 6.10 Å². The summed E-state index contributed by atoms with van der Waals surface area (Å²) in [7, 11) is 0.